The van der Waals surface area contributed by atoms with Crippen LogP contribution in [-0.4, -0.2) is 48.7 Å². The summed E-state index contributed by atoms with van der Waals surface area (Å²) in [5.74, 6) is -0.196. The summed E-state index contributed by atoms with van der Waals surface area (Å²) in [6, 6.07) is 0.525. The lowest BCUT2D eigenvalue weighted by Crippen LogP contribution is -2.33. The Balaban J connectivity index is 1.35. The Morgan fingerprint density at radius 2 is 1.66 bits per heavy atom. The van der Waals surface area contributed by atoms with Crippen LogP contribution in [0.1, 0.15) is 97.9 Å². The topological polar surface area (TPSA) is 78.6 Å². The van der Waals surface area contributed by atoms with Gasteiger partial charge in [0.25, 0.3) is 0 Å². The fourth-order valence-electron chi connectivity index (χ4n) is 5.46. The predicted octanol–water partition coefficient (Wildman–Crippen LogP) is 5.39. The first-order valence-corrected chi connectivity index (χ1v) is 12.8. The van der Waals surface area contributed by atoms with Crippen molar-refractivity contribution >= 4 is 11.2 Å². The third kappa shape index (κ3) is 4.32. The predicted molar refractivity (Wildman–Crippen MR) is 127 cm³/mol. The number of ether oxygens (including phenoxy) is 1. The Hall–Kier alpha value is -2.55. The van der Waals surface area contributed by atoms with Gasteiger partial charge in [-0.05, 0) is 52.4 Å². The fraction of sp³-hybridized carbons (Fsp3) is 0.654. The maximum absolute atomic E-state index is 14.7. The van der Waals surface area contributed by atoms with Gasteiger partial charge in [0.05, 0.1) is 35.4 Å². The second-order valence-electron chi connectivity index (χ2n) is 10.7. The fourth-order valence-corrected chi connectivity index (χ4v) is 5.46. The summed E-state index contributed by atoms with van der Waals surface area (Å²) in [7, 11) is 0. The molecule has 2 aliphatic carbocycles. The van der Waals surface area contributed by atoms with Crippen molar-refractivity contribution < 1.29 is 13.5 Å². The molecule has 186 valence electrons. The minimum Gasteiger partial charge on any atom is -0.373 e. The molecule has 3 aliphatic rings. The molecule has 2 saturated carbocycles. The van der Waals surface area contributed by atoms with E-state index in [2.05, 4.69) is 11.3 Å². The Labute approximate surface area is 203 Å². The van der Waals surface area contributed by atoms with Crippen molar-refractivity contribution in [3.05, 3.63) is 40.9 Å². The number of rotatable bonds is 4. The van der Waals surface area contributed by atoms with E-state index >= 15 is 0 Å². The molecule has 3 aromatic heterocycles. The molecule has 0 bridgehead atoms. The Morgan fingerprint density at radius 1 is 0.914 bits per heavy atom. The molecule has 3 fully saturated rings. The van der Waals surface area contributed by atoms with Gasteiger partial charge in [0, 0.05) is 36.1 Å². The zero-order valence-electron chi connectivity index (χ0n) is 20.5. The lowest BCUT2D eigenvalue weighted by molar-refractivity contribution is 0.00388. The van der Waals surface area contributed by atoms with Crippen LogP contribution in [0.4, 0.5) is 8.78 Å². The molecule has 6 rings (SSSR count). The van der Waals surface area contributed by atoms with Gasteiger partial charge in [-0.3, -0.25) is 4.68 Å². The van der Waals surface area contributed by atoms with Crippen LogP contribution < -0.4 is 0 Å². The summed E-state index contributed by atoms with van der Waals surface area (Å²) in [6.45, 7) is 6.04. The van der Waals surface area contributed by atoms with Crippen LogP contribution in [0.25, 0.3) is 11.2 Å². The Bertz CT molecular complexity index is 1230. The van der Waals surface area contributed by atoms with Gasteiger partial charge >= 0.3 is 0 Å². The summed E-state index contributed by atoms with van der Waals surface area (Å²) in [5, 5.41) is 4.52. The van der Waals surface area contributed by atoms with E-state index in [0.29, 0.717) is 35.3 Å². The third-order valence-electron chi connectivity index (χ3n) is 8.10. The number of halogens is 2. The van der Waals surface area contributed by atoms with Gasteiger partial charge in [-0.1, -0.05) is 6.92 Å². The van der Waals surface area contributed by atoms with Crippen molar-refractivity contribution in [3.63, 3.8) is 0 Å². The van der Waals surface area contributed by atoms with E-state index in [1.165, 1.54) is 12.8 Å². The molecule has 1 saturated heterocycles. The van der Waals surface area contributed by atoms with E-state index in [1.54, 1.807) is 6.92 Å². The first-order chi connectivity index (χ1) is 16.9. The Morgan fingerprint density at radius 3 is 2.40 bits per heavy atom. The largest absolute Gasteiger partial charge is 0.373 e. The first-order valence-electron chi connectivity index (χ1n) is 12.8. The number of nitrogens with zero attached hydrogens (tertiary/aromatic N) is 6. The maximum Gasteiger partial charge on any atom is 0.182 e. The minimum atomic E-state index is -1.20. The molecule has 0 spiro atoms. The molecule has 6 atom stereocenters. The first kappa shape index (κ1) is 22.9. The quantitative estimate of drug-likeness (QED) is 0.496. The van der Waals surface area contributed by atoms with Gasteiger partial charge in [-0.2, -0.15) is 5.10 Å². The molecule has 7 nitrogen and oxygen atoms in total. The highest BCUT2D eigenvalue weighted by atomic mass is 19.1. The Kier molecular flexibility index (Phi) is 5.78. The lowest BCUT2D eigenvalue weighted by atomic mass is 9.78. The molecule has 0 amide bonds. The molecule has 3 aromatic rings. The van der Waals surface area contributed by atoms with E-state index in [1.807, 2.05) is 24.7 Å². The van der Waals surface area contributed by atoms with Crippen LogP contribution in [0.3, 0.4) is 0 Å². The lowest BCUT2D eigenvalue weighted by Gasteiger charge is -2.33. The van der Waals surface area contributed by atoms with E-state index < -0.39 is 18.3 Å². The number of hydrogen-bond acceptors (Lipinski definition) is 6. The van der Waals surface area contributed by atoms with Gasteiger partial charge < -0.3 is 4.74 Å². The second-order valence-corrected chi connectivity index (χ2v) is 10.7. The van der Waals surface area contributed by atoms with Gasteiger partial charge in [-0.15, -0.1) is 0 Å². The van der Waals surface area contributed by atoms with Crippen LogP contribution >= 0.6 is 0 Å². The van der Waals surface area contributed by atoms with E-state index in [9.17, 15) is 8.78 Å². The van der Waals surface area contributed by atoms with Crippen LogP contribution in [0.2, 0.25) is 0 Å². The average Bonchev–Trinajstić information content (AvgIpc) is 3.58. The molecule has 9 heteroatoms. The molecule has 35 heavy (non-hydrogen) atoms. The summed E-state index contributed by atoms with van der Waals surface area (Å²) in [6.07, 6.45) is 5.91. The highest BCUT2D eigenvalue weighted by Crippen LogP contribution is 2.42. The smallest absolute Gasteiger partial charge is 0.182 e. The van der Waals surface area contributed by atoms with Crippen molar-refractivity contribution in [2.24, 2.45) is 5.92 Å². The molecule has 1 aliphatic heterocycles. The zero-order valence-corrected chi connectivity index (χ0v) is 20.5. The van der Waals surface area contributed by atoms with Crippen molar-refractivity contribution in [2.75, 3.05) is 6.61 Å². The summed E-state index contributed by atoms with van der Waals surface area (Å²) in [5.41, 5.74) is 4.39. The van der Waals surface area contributed by atoms with Crippen molar-refractivity contribution in [3.8, 4) is 0 Å². The number of fused-ring (bicyclic) bond motifs is 1. The van der Waals surface area contributed by atoms with Crippen molar-refractivity contribution in [1.29, 1.82) is 0 Å². The van der Waals surface area contributed by atoms with Crippen LogP contribution in [0.15, 0.2) is 12.4 Å². The number of alkyl halides is 2. The van der Waals surface area contributed by atoms with Gasteiger partial charge in [0.2, 0.25) is 0 Å². The summed E-state index contributed by atoms with van der Waals surface area (Å²) < 4.78 is 37.6. The number of hydrogen-bond donors (Lipinski definition) is 0. The highest BCUT2D eigenvalue weighted by molar-refractivity contribution is 5.73. The zero-order chi connectivity index (χ0) is 24.3. The van der Waals surface area contributed by atoms with Gasteiger partial charge in [-0.25, -0.2) is 28.7 Å². The van der Waals surface area contributed by atoms with Crippen LogP contribution in [0, 0.1) is 19.8 Å². The minimum absolute atomic E-state index is 0.0643. The molecule has 0 N–H and O–H groups in total. The third-order valence-corrected chi connectivity index (χ3v) is 8.10. The standard InChI is InChI=1S/C26H32F2N6O/c1-13-20(27)8-17(9-21(13)28)23-24-26(31-15(3)14(2)30-24)33-25(32-23)16-6-7-35-22(10-16)18-11-29-34(12-18)19-4-5-19/h11-13,16-17,19-22H,4-10H2,1-3H3/t13?,16-,17?,20-,21+,22+/m1/s1. The monoisotopic (exact) mass is 482 g/mol. The molecular formula is C26H32F2N6O. The van der Waals surface area contributed by atoms with Crippen molar-refractivity contribution in [1.82, 2.24) is 29.7 Å². The van der Waals surface area contributed by atoms with E-state index in [-0.39, 0.29) is 30.8 Å². The molecule has 0 radical (unpaired) electrons. The number of aryl methyl sites for hydroxylation is 2. The molecule has 4 heterocycles. The molecular weight excluding hydrogens is 450 g/mol. The maximum atomic E-state index is 14.7. The SMILES string of the molecule is Cc1nc2nc([C@@H]3CCO[C@H](c4cnn(C5CC5)c4)C3)nc(C3C[C@@H](F)C(C)[C@@H](F)C3)c2nc1C. The summed E-state index contributed by atoms with van der Waals surface area (Å²) >= 11 is 0. The van der Waals surface area contributed by atoms with Crippen LogP contribution in [0.5, 0.6) is 0 Å². The summed E-state index contributed by atoms with van der Waals surface area (Å²) in [4.78, 5) is 19.2. The van der Waals surface area contributed by atoms with Crippen LogP contribution in [-0.2, 0) is 4.74 Å². The normalized spacial score (nSPS) is 31.7. The van der Waals surface area contributed by atoms with Gasteiger partial charge in [0.15, 0.2) is 5.65 Å². The molecule has 2 unspecified atom stereocenters. The average molecular weight is 483 g/mol. The van der Waals surface area contributed by atoms with E-state index in [4.69, 9.17) is 24.7 Å². The molecule has 0 aromatic carbocycles. The van der Waals surface area contributed by atoms with Gasteiger partial charge in [0.1, 0.15) is 23.7 Å². The highest BCUT2D eigenvalue weighted by Gasteiger charge is 2.39. The second kappa shape index (κ2) is 8.84. The number of aromatic nitrogens is 6. The van der Waals surface area contributed by atoms with E-state index in [0.717, 1.165) is 29.8 Å². The van der Waals surface area contributed by atoms with Crippen molar-refractivity contribution in [2.45, 2.75) is 95.6 Å².